The Morgan fingerprint density at radius 1 is 1.22 bits per heavy atom. The van der Waals surface area contributed by atoms with Crippen molar-refractivity contribution < 1.29 is 14.3 Å². The van der Waals surface area contributed by atoms with Crippen LogP contribution in [0.1, 0.15) is 38.2 Å². The van der Waals surface area contributed by atoms with E-state index in [4.69, 9.17) is 9.47 Å². The first-order valence-electron chi connectivity index (χ1n) is 9.98. The maximum Gasteiger partial charge on any atom is 0.309 e. The molecule has 0 bridgehead atoms. The van der Waals surface area contributed by atoms with Gasteiger partial charge in [0.2, 0.25) is 0 Å². The molecule has 1 N–H and O–H groups in total. The van der Waals surface area contributed by atoms with Gasteiger partial charge in [0.25, 0.3) is 0 Å². The van der Waals surface area contributed by atoms with Gasteiger partial charge in [0.1, 0.15) is 0 Å². The van der Waals surface area contributed by atoms with Crippen LogP contribution in [0.3, 0.4) is 0 Å². The van der Waals surface area contributed by atoms with Gasteiger partial charge in [-0.3, -0.25) is 9.79 Å². The number of guanidine groups is 1. The first kappa shape index (κ1) is 21.2. The van der Waals surface area contributed by atoms with Crippen molar-refractivity contribution in [3.63, 3.8) is 0 Å². The minimum atomic E-state index is -0.0596. The van der Waals surface area contributed by atoms with Gasteiger partial charge in [0.15, 0.2) is 5.96 Å². The summed E-state index contributed by atoms with van der Waals surface area (Å²) < 4.78 is 10.8. The van der Waals surface area contributed by atoms with Crippen molar-refractivity contribution in [1.82, 2.24) is 10.2 Å². The monoisotopic (exact) mass is 375 g/mol. The molecule has 1 aliphatic rings. The normalized spacial score (nSPS) is 15.6. The molecule has 27 heavy (non-hydrogen) atoms. The number of aliphatic imine (C=N–C) groups is 1. The maximum atomic E-state index is 11.8. The fraction of sp³-hybridized carbons (Fsp3) is 0.619. The molecule has 1 saturated heterocycles. The van der Waals surface area contributed by atoms with Gasteiger partial charge >= 0.3 is 5.97 Å². The summed E-state index contributed by atoms with van der Waals surface area (Å²) in [5, 5.41) is 3.42. The summed E-state index contributed by atoms with van der Waals surface area (Å²) in [5.74, 6) is 0.888. The Kier molecular flexibility index (Phi) is 9.69. The average molecular weight is 376 g/mol. The van der Waals surface area contributed by atoms with Gasteiger partial charge in [-0.2, -0.15) is 0 Å². The largest absolute Gasteiger partial charge is 0.466 e. The van der Waals surface area contributed by atoms with Crippen LogP contribution in [0.4, 0.5) is 0 Å². The fourth-order valence-corrected chi connectivity index (χ4v) is 3.21. The minimum absolute atomic E-state index is 0.0288. The van der Waals surface area contributed by atoms with Gasteiger partial charge in [0.05, 0.1) is 19.1 Å². The number of ether oxygens (including phenoxy) is 2. The van der Waals surface area contributed by atoms with E-state index in [2.05, 4.69) is 27.3 Å². The van der Waals surface area contributed by atoms with Crippen molar-refractivity contribution in [3.8, 4) is 0 Å². The van der Waals surface area contributed by atoms with E-state index in [9.17, 15) is 4.79 Å². The maximum absolute atomic E-state index is 11.8. The highest BCUT2D eigenvalue weighted by Crippen LogP contribution is 2.18. The molecule has 150 valence electrons. The molecule has 6 heteroatoms. The Morgan fingerprint density at radius 3 is 2.63 bits per heavy atom. The van der Waals surface area contributed by atoms with Gasteiger partial charge in [0, 0.05) is 33.3 Å². The van der Waals surface area contributed by atoms with E-state index in [-0.39, 0.29) is 11.9 Å². The Labute approximate surface area is 162 Å². The topological polar surface area (TPSA) is 63.2 Å². The number of carbonyl (C=O) groups excluding carboxylic acids is 1. The van der Waals surface area contributed by atoms with Crippen molar-refractivity contribution >= 4 is 11.9 Å². The van der Waals surface area contributed by atoms with Crippen LogP contribution >= 0.6 is 0 Å². The molecular weight excluding hydrogens is 342 g/mol. The van der Waals surface area contributed by atoms with E-state index in [0.29, 0.717) is 13.2 Å². The van der Waals surface area contributed by atoms with Crippen molar-refractivity contribution in [3.05, 3.63) is 35.9 Å². The molecule has 1 aromatic carbocycles. The number of carbonyl (C=O) groups is 1. The number of esters is 1. The highest BCUT2D eigenvalue weighted by atomic mass is 16.5. The molecule has 0 atom stereocenters. The van der Waals surface area contributed by atoms with Crippen molar-refractivity contribution in [2.45, 2.75) is 39.2 Å². The molecule has 0 aromatic heterocycles. The van der Waals surface area contributed by atoms with Crippen LogP contribution in [0.2, 0.25) is 0 Å². The first-order valence-corrected chi connectivity index (χ1v) is 9.98. The van der Waals surface area contributed by atoms with Crippen LogP contribution in [0.15, 0.2) is 35.3 Å². The summed E-state index contributed by atoms with van der Waals surface area (Å²) in [6.45, 7) is 6.29. The third-order valence-electron chi connectivity index (χ3n) is 4.74. The van der Waals surface area contributed by atoms with Gasteiger partial charge < -0.3 is 19.7 Å². The summed E-state index contributed by atoms with van der Waals surface area (Å²) in [6, 6.07) is 10.2. The van der Waals surface area contributed by atoms with Crippen molar-refractivity contribution in [1.29, 1.82) is 0 Å². The summed E-state index contributed by atoms with van der Waals surface area (Å²) in [4.78, 5) is 18.4. The molecule has 0 unspecified atom stereocenters. The van der Waals surface area contributed by atoms with E-state index in [0.717, 1.165) is 57.9 Å². The van der Waals surface area contributed by atoms with E-state index in [1.807, 2.05) is 32.2 Å². The third kappa shape index (κ3) is 7.59. The van der Waals surface area contributed by atoms with Crippen molar-refractivity contribution in [2.24, 2.45) is 10.9 Å². The lowest BCUT2D eigenvalue weighted by Gasteiger charge is -2.33. The predicted molar refractivity (Wildman–Crippen MR) is 108 cm³/mol. The second-order valence-electron chi connectivity index (χ2n) is 6.73. The molecule has 1 aliphatic heterocycles. The quantitative estimate of drug-likeness (QED) is 0.311. The number of unbranched alkanes of at least 4 members (excludes halogenated alkanes) is 1. The zero-order valence-corrected chi connectivity index (χ0v) is 16.7. The van der Waals surface area contributed by atoms with Gasteiger partial charge in [-0.1, -0.05) is 30.3 Å². The second kappa shape index (κ2) is 12.3. The fourth-order valence-electron chi connectivity index (χ4n) is 3.21. The molecule has 0 spiro atoms. The highest BCUT2D eigenvalue weighted by Gasteiger charge is 2.27. The van der Waals surface area contributed by atoms with E-state index in [1.54, 1.807) is 0 Å². The zero-order chi connectivity index (χ0) is 19.3. The minimum Gasteiger partial charge on any atom is -0.466 e. The summed E-state index contributed by atoms with van der Waals surface area (Å²) in [5.41, 5.74) is 1.21. The number of nitrogens with zero attached hydrogens (tertiary/aromatic N) is 2. The lowest BCUT2D eigenvalue weighted by molar-refractivity contribution is -0.149. The molecule has 1 heterocycles. The van der Waals surface area contributed by atoms with Crippen LogP contribution in [0, 0.1) is 5.92 Å². The van der Waals surface area contributed by atoms with E-state index in [1.165, 1.54) is 5.56 Å². The average Bonchev–Trinajstić information content (AvgIpc) is 2.71. The van der Waals surface area contributed by atoms with Gasteiger partial charge in [-0.15, -0.1) is 0 Å². The third-order valence-corrected chi connectivity index (χ3v) is 4.74. The standard InChI is InChI=1S/C21H33N3O3/c1-3-27-20(25)19-11-14-24(15-12-19)21(22-2)23-13-7-8-16-26-17-18-9-5-4-6-10-18/h4-6,9-10,19H,3,7-8,11-17H2,1-2H3,(H,22,23). The lowest BCUT2D eigenvalue weighted by atomic mass is 9.97. The molecule has 0 radical (unpaired) electrons. The highest BCUT2D eigenvalue weighted by molar-refractivity contribution is 5.80. The Balaban J connectivity index is 1.56. The smallest absolute Gasteiger partial charge is 0.309 e. The SMILES string of the molecule is CCOC(=O)C1CCN(C(=NC)NCCCCOCc2ccccc2)CC1. The van der Waals surface area contributed by atoms with Gasteiger partial charge in [-0.25, -0.2) is 0 Å². The summed E-state index contributed by atoms with van der Waals surface area (Å²) in [6.07, 6.45) is 3.70. The van der Waals surface area contributed by atoms with Crippen LogP contribution in [-0.4, -0.2) is 56.7 Å². The Bertz CT molecular complexity index is 569. The lowest BCUT2D eigenvalue weighted by Crippen LogP contribution is -2.46. The van der Waals surface area contributed by atoms with Gasteiger partial charge in [-0.05, 0) is 38.2 Å². The predicted octanol–water partition coefficient (Wildman–Crippen LogP) is 2.83. The summed E-state index contributed by atoms with van der Waals surface area (Å²) in [7, 11) is 1.81. The van der Waals surface area contributed by atoms with E-state index < -0.39 is 0 Å². The summed E-state index contributed by atoms with van der Waals surface area (Å²) >= 11 is 0. The first-order chi connectivity index (χ1) is 13.2. The molecule has 6 nitrogen and oxygen atoms in total. The van der Waals surface area contributed by atoms with Crippen LogP contribution in [0.5, 0.6) is 0 Å². The Hall–Kier alpha value is -2.08. The molecular formula is C21H33N3O3. The second-order valence-corrected chi connectivity index (χ2v) is 6.73. The van der Waals surface area contributed by atoms with Crippen LogP contribution in [0.25, 0.3) is 0 Å². The zero-order valence-electron chi connectivity index (χ0n) is 16.7. The number of piperidine rings is 1. The van der Waals surface area contributed by atoms with Crippen LogP contribution in [-0.2, 0) is 20.9 Å². The number of benzene rings is 1. The molecule has 1 aromatic rings. The number of hydrogen-bond donors (Lipinski definition) is 1. The molecule has 2 rings (SSSR count). The van der Waals surface area contributed by atoms with Crippen LogP contribution < -0.4 is 5.32 Å². The molecule has 1 fully saturated rings. The molecule has 0 aliphatic carbocycles. The number of likely N-dealkylation sites (tertiary alicyclic amines) is 1. The number of hydrogen-bond acceptors (Lipinski definition) is 4. The molecule has 0 amide bonds. The molecule has 0 saturated carbocycles. The Morgan fingerprint density at radius 2 is 1.96 bits per heavy atom. The van der Waals surface area contributed by atoms with Crippen molar-refractivity contribution in [2.75, 3.05) is 39.9 Å². The number of rotatable bonds is 9. The van der Waals surface area contributed by atoms with E-state index >= 15 is 0 Å². The number of nitrogens with one attached hydrogen (secondary N) is 1.